The maximum Gasteiger partial charge on any atom is 0.309 e. The number of epoxide rings is 1. The molecule has 0 radical (unpaired) electrons. The van der Waals surface area contributed by atoms with E-state index in [0.717, 1.165) is 0 Å². The van der Waals surface area contributed by atoms with Crippen LogP contribution in [0.15, 0.2) is 59.9 Å². The fourth-order valence-corrected chi connectivity index (χ4v) is 3.13. The van der Waals surface area contributed by atoms with Gasteiger partial charge in [-0.1, -0.05) is 30.4 Å². The molecule has 4 atom stereocenters. The summed E-state index contributed by atoms with van der Waals surface area (Å²) in [5.74, 6) is -1.72. The fraction of sp³-hybridized carbons (Fsp3) is 0.381. The van der Waals surface area contributed by atoms with Gasteiger partial charge in [-0.2, -0.15) is 0 Å². The van der Waals surface area contributed by atoms with E-state index in [1.54, 1.807) is 18.2 Å². The van der Waals surface area contributed by atoms with E-state index in [0.29, 0.717) is 11.3 Å². The molecule has 0 saturated carbocycles. The summed E-state index contributed by atoms with van der Waals surface area (Å²) in [6, 6.07) is 0. The van der Waals surface area contributed by atoms with Crippen LogP contribution < -0.4 is 0 Å². The average molecular weight is 386 g/mol. The summed E-state index contributed by atoms with van der Waals surface area (Å²) in [6.07, 6.45) is 11.5. The van der Waals surface area contributed by atoms with E-state index in [9.17, 15) is 19.5 Å². The van der Waals surface area contributed by atoms with Crippen molar-refractivity contribution < 1.29 is 33.7 Å². The molecule has 1 N–H and O–H groups in total. The van der Waals surface area contributed by atoms with Crippen molar-refractivity contribution in [1.29, 1.82) is 0 Å². The van der Waals surface area contributed by atoms with Crippen molar-refractivity contribution in [1.82, 2.24) is 0 Å². The number of aliphatic hydroxyl groups excluding tert-OH is 1. The Morgan fingerprint density at radius 2 is 2.00 bits per heavy atom. The molecule has 3 aliphatic rings. The third kappa shape index (κ3) is 3.39. The van der Waals surface area contributed by atoms with Gasteiger partial charge in [0.05, 0.1) is 12.5 Å². The van der Waals surface area contributed by atoms with Crippen LogP contribution in [-0.4, -0.2) is 46.2 Å². The number of hydrogen-bond donors (Lipinski definition) is 1. The SMILES string of the molecule is C/C=C/C=C/C=C/C1=CC2=CC(=O)[C@](C)(OC(=O)C[C@H](C)O)C(=O)[C@@]23O[C@H]3O1. The maximum absolute atomic E-state index is 13.0. The van der Waals surface area contributed by atoms with Crippen LogP contribution in [0, 0.1) is 0 Å². The van der Waals surface area contributed by atoms with Gasteiger partial charge in [-0.25, -0.2) is 0 Å². The first-order chi connectivity index (χ1) is 13.2. The van der Waals surface area contributed by atoms with E-state index < -0.39 is 41.1 Å². The zero-order valence-corrected chi connectivity index (χ0v) is 15.9. The Balaban J connectivity index is 1.85. The second kappa shape index (κ2) is 7.33. The zero-order chi connectivity index (χ0) is 20.5. The lowest BCUT2D eigenvalue weighted by molar-refractivity contribution is -0.173. The minimum atomic E-state index is -2.01. The number of Topliss-reactive ketones (excluding diaryl/α,β-unsaturated/α-hetero) is 1. The van der Waals surface area contributed by atoms with Crippen LogP contribution >= 0.6 is 0 Å². The number of hydrogen-bond acceptors (Lipinski definition) is 7. The van der Waals surface area contributed by atoms with Gasteiger partial charge in [-0.05, 0) is 39.0 Å². The van der Waals surface area contributed by atoms with Gasteiger partial charge in [-0.3, -0.25) is 14.4 Å². The number of rotatable bonds is 6. The molecule has 0 aromatic heterocycles. The third-order valence-electron chi connectivity index (χ3n) is 4.63. The predicted molar refractivity (Wildman–Crippen MR) is 98.8 cm³/mol. The Hall–Kier alpha value is -2.77. The van der Waals surface area contributed by atoms with Crippen LogP contribution in [0.5, 0.6) is 0 Å². The van der Waals surface area contributed by atoms with Crippen molar-refractivity contribution in [2.45, 2.75) is 50.8 Å². The molecule has 0 bridgehead atoms. The highest BCUT2D eigenvalue weighted by atomic mass is 16.8. The standard InChI is InChI=1S/C21H22O7/c1-4-5-6-7-8-9-15-11-14-12-16(23)20(3,27-17(24)10-13(2)22)18(25)21(14)19(26-15)28-21/h4-9,11-13,19,22H,10H2,1-3H3/b5-4+,7-6+,9-8+/t13-,19+,20-,21-/m0/s1. The quantitative estimate of drug-likeness (QED) is 0.322. The van der Waals surface area contributed by atoms with Crippen molar-refractivity contribution in [3.8, 4) is 0 Å². The Kier molecular flexibility index (Phi) is 5.23. The molecule has 7 nitrogen and oxygen atoms in total. The number of ether oxygens (including phenoxy) is 3. The zero-order valence-electron chi connectivity index (χ0n) is 15.9. The second-order valence-electron chi connectivity index (χ2n) is 6.97. The van der Waals surface area contributed by atoms with Gasteiger partial charge in [0.25, 0.3) is 0 Å². The molecule has 0 aromatic carbocycles. The van der Waals surface area contributed by atoms with E-state index in [1.165, 1.54) is 19.9 Å². The number of ketones is 2. The number of carbonyl (C=O) groups is 3. The molecule has 3 rings (SSSR count). The molecule has 2 heterocycles. The van der Waals surface area contributed by atoms with Gasteiger partial charge >= 0.3 is 5.97 Å². The first kappa shape index (κ1) is 20.0. The fourth-order valence-electron chi connectivity index (χ4n) is 3.13. The van der Waals surface area contributed by atoms with Gasteiger partial charge in [0.1, 0.15) is 5.76 Å². The molecule has 1 aliphatic carbocycles. The largest absolute Gasteiger partial charge is 0.461 e. The first-order valence-electron chi connectivity index (χ1n) is 8.97. The van der Waals surface area contributed by atoms with Crippen molar-refractivity contribution in [2.24, 2.45) is 0 Å². The highest BCUT2D eigenvalue weighted by molar-refractivity contribution is 6.23. The lowest BCUT2D eigenvalue weighted by Gasteiger charge is -2.33. The summed E-state index contributed by atoms with van der Waals surface area (Å²) < 4.78 is 16.3. The lowest BCUT2D eigenvalue weighted by Crippen LogP contribution is -2.57. The highest BCUT2D eigenvalue weighted by Gasteiger charge is 2.75. The molecule has 7 heteroatoms. The lowest BCUT2D eigenvalue weighted by atomic mass is 9.75. The van der Waals surface area contributed by atoms with Gasteiger partial charge in [0.2, 0.25) is 29.1 Å². The minimum Gasteiger partial charge on any atom is -0.461 e. The van der Waals surface area contributed by atoms with Crippen molar-refractivity contribution >= 4 is 17.5 Å². The van der Waals surface area contributed by atoms with E-state index in [1.807, 2.05) is 31.2 Å². The number of aliphatic hydroxyl groups is 1. The van der Waals surface area contributed by atoms with E-state index >= 15 is 0 Å². The van der Waals surface area contributed by atoms with Crippen LogP contribution in [0.2, 0.25) is 0 Å². The Bertz CT molecular complexity index is 858. The Morgan fingerprint density at radius 3 is 2.68 bits per heavy atom. The van der Waals surface area contributed by atoms with E-state index in [-0.39, 0.29) is 6.42 Å². The first-order valence-corrected chi connectivity index (χ1v) is 8.97. The summed E-state index contributed by atoms with van der Waals surface area (Å²) in [6.45, 7) is 4.56. The molecule has 1 fully saturated rings. The number of carbonyl (C=O) groups excluding carboxylic acids is 3. The molecule has 148 valence electrons. The summed E-state index contributed by atoms with van der Waals surface area (Å²) in [7, 11) is 0. The van der Waals surface area contributed by atoms with Gasteiger partial charge in [-0.15, -0.1) is 0 Å². The molecular formula is C21H22O7. The van der Waals surface area contributed by atoms with Gasteiger partial charge < -0.3 is 19.3 Å². The average Bonchev–Trinajstić information content (AvgIpc) is 3.34. The van der Waals surface area contributed by atoms with Crippen LogP contribution in [0.4, 0.5) is 0 Å². The Morgan fingerprint density at radius 1 is 1.29 bits per heavy atom. The monoisotopic (exact) mass is 386 g/mol. The van der Waals surface area contributed by atoms with Crippen molar-refractivity contribution in [3.05, 3.63) is 59.9 Å². The summed E-state index contributed by atoms with van der Waals surface area (Å²) in [4.78, 5) is 37.6. The minimum absolute atomic E-state index is 0.323. The van der Waals surface area contributed by atoms with Crippen LogP contribution in [0.1, 0.15) is 27.2 Å². The highest BCUT2D eigenvalue weighted by Crippen LogP contribution is 2.54. The molecular weight excluding hydrogens is 364 g/mol. The van der Waals surface area contributed by atoms with Crippen molar-refractivity contribution in [3.63, 3.8) is 0 Å². The molecule has 1 saturated heterocycles. The third-order valence-corrected chi connectivity index (χ3v) is 4.63. The van der Waals surface area contributed by atoms with Crippen LogP contribution in [0.3, 0.4) is 0 Å². The van der Waals surface area contributed by atoms with E-state index in [4.69, 9.17) is 14.2 Å². The summed E-state index contributed by atoms with van der Waals surface area (Å²) in [5, 5.41) is 9.31. The van der Waals surface area contributed by atoms with Gasteiger partial charge in [0, 0.05) is 5.57 Å². The normalized spacial score (nSPS) is 32.6. The molecule has 0 amide bonds. The number of allylic oxidation sites excluding steroid dienone is 6. The number of esters is 1. The summed E-state index contributed by atoms with van der Waals surface area (Å²) >= 11 is 0. The molecule has 0 unspecified atom stereocenters. The van der Waals surface area contributed by atoms with Crippen LogP contribution in [0.25, 0.3) is 0 Å². The summed E-state index contributed by atoms with van der Waals surface area (Å²) in [5.41, 5.74) is -3.07. The smallest absolute Gasteiger partial charge is 0.309 e. The molecule has 28 heavy (non-hydrogen) atoms. The molecule has 2 aliphatic heterocycles. The maximum atomic E-state index is 13.0. The second-order valence-corrected chi connectivity index (χ2v) is 6.97. The van der Waals surface area contributed by atoms with Crippen LogP contribution in [-0.2, 0) is 28.6 Å². The van der Waals surface area contributed by atoms with E-state index in [2.05, 4.69) is 0 Å². The molecule has 1 spiro atoms. The van der Waals surface area contributed by atoms with Crippen molar-refractivity contribution in [2.75, 3.05) is 0 Å². The topological polar surface area (TPSA) is 102 Å². The molecule has 0 aromatic rings. The van der Waals surface area contributed by atoms with Gasteiger partial charge in [0.15, 0.2) is 0 Å². The Labute approximate surface area is 162 Å². The predicted octanol–water partition coefficient (Wildman–Crippen LogP) is 1.84.